The second-order valence-electron chi connectivity index (χ2n) is 4.75. The monoisotopic (exact) mass is 284 g/mol. The Kier molecular flexibility index (Phi) is 7.05. The van der Waals surface area contributed by atoms with E-state index >= 15 is 0 Å². The normalized spacial score (nSPS) is 13.4. The quantitative estimate of drug-likeness (QED) is 0.722. The predicted molar refractivity (Wildman–Crippen MR) is 79.4 cm³/mol. The molecule has 0 aliphatic heterocycles. The van der Waals surface area contributed by atoms with E-state index < -0.39 is 10.0 Å². The molecule has 0 amide bonds. The number of hydrogen-bond donors (Lipinski definition) is 2. The average molecular weight is 284 g/mol. The molecule has 0 radical (unpaired) electrons. The summed E-state index contributed by atoms with van der Waals surface area (Å²) in [7, 11) is -3.19. The Morgan fingerprint density at radius 3 is 2.53 bits per heavy atom. The van der Waals surface area contributed by atoms with Gasteiger partial charge < -0.3 is 5.73 Å². The van der Waals surface area contributed by atoms with E-state index in [1.54, 1.807) is 0 Å². The summed E-state index contributed by atoms with van der Waals surface area (Å²) in [5, 5.41) is 0. The molecule has 0 fully saturated rings. The number of nitrogens with one attached hydrogen (secondary N) is 1. The van der Waals surface area contributed by atoms with Crippen LogP contribution >= 0.6 is 0 Å². The summed E-state index contributed by atoms with van der Waals surface area (Å²) in [5.41, 5.74) is 6.55. The molecular formula is C14H24N2O2S. The van der Waals surface area contributed by atoms with Crippen molar-refractivity contribution in [2.45, 2.75) is 26.2 Å². The SMILES string of the molecule is CCC(CCN)CNS(=O)(=O)CCc1ccccc1. The number of rotatable bonds is 9. The highest BCUT2D eigenvalue weighted by atomic mass is 32.2. The maximum absolute atomic E-state index is 11.9. The minimum absolute atomic E-state index is 0.135. The largest absolute Gasteiger partial charge is 0.330 e. The van der Waals surface area contributed by atoms with Crippen LogP contribution in [0.15, 0.2) is 30.3 Å². The van der Waals surface area contributed by atoms with E-state index in [0.717, 1.165) is 18.4 Å². The zero-order chi connectivity index (χ0) is 14.1. The molecule has 4 nitrogen and oxygen atoms in total. The lowest BCUT2D eigenvalue weighted by molar-refractivity contribution is 0.466. The van der Waals surface area contributed by atoms with Gasteiger partial charge in [-0.2, -0.15) is 0 Å². The van der Waals surface area contributed by atoms with Crippen LogP contribution in [-0.4, -0.2) is 27.3 Å². The lowest BCUT2D eigenvalue weighted by atomic mass is 10.0. The molecule has 1 aromatic rings. The summed E-state index contributed by atoms with van der Waals surface area (Å²) in [6.07, 6.45) is 2.35. The lowest BCUT2D eigenvalue weighted by Crippen LogP contribution is -2.32. The molecule has 0 aliphatic rings. The van der Waals surface area contributed by atoms with Gasteiger partial charge in [0.1, 0.15) is 0 Å². The van der Waals surface area contributed by atoms with Crippen LogP contribution in [0.5, 0.6) is 0 Å². The van der Waals surface area contributed by atoms with E-state index in [4.69, 9.17) is 5.73 Å². The lowest BCUT2D eigenvalue weighted by Gasteiger charge is -2.14. The Bertz CT molecular complexity index is 446. The molecule has 1 atom stereocenters. The van der Waals surface area contributed by atoms with E-state index in [2.05, 4.69) is 11.6 Å². The van der Waals surface area contributed by atoms with E-state index in [0.29, 0.717) is 25.4 Å². The molecule has 0 heterocycles. The fraction of sp³-hybridized carbons (Fsp3) is 0.571. The van der Waals surface area contributed by atoms with Crippen molar-refractivity contribution < 1.29 is 8.42 Å². The Balaban J connectivity index is 2.39. The zero-order valence-corrected chi connectivity index (χ0v) is 12.3. The smallest absolute Gasteiger partial charge is 0.211 e. The van der Waals surface area contributed by atoms with Crippen LogP contribution < -0.4 is 10.5 Å². The zero-order valence-electron chi connectivity index (χ0n) is 11.5. The van der Waals surface area contributed by atoms with Crippen molar-refractivity contribution >= 4 is 10.0 Å². The van der Waals surface area contributed by atoms with E-state index in [1.807, 2.05) is 30.3 Å². The fourth-order valence-electron chi connectivity index (χ4n) is 1.90. The number of hydrogen-bond acceptors (Lipinski definition) is 3. The summed E-state index contributed by atoms with van der Waals surface area (Å²) in [6.45, 7) is 3.15. The second kappa shape index (κ2) is 8.30. The Labute approximate surface area is 116 Å². The molecule has 0 bridgehead atoms. The van der Waals surface area contributed by atoms with Crippen molar-refractivity contribution in [2.24, 2.45) is 11.7 Å². The summed E-state index contributed by atoms with van der Waals surface area (Å²) < 4.78 is 26.5. The molecule has 5 heteroatoms. The number of sulfonamides is 1. The van der Waals surface area contributed by atoms with Crippen molar-refractivity contribution in [2.75, 3.05) is 18.8 Å². The van der Waals surface area contributed by atoms with Gasteiger partial charge in [0.05, 0.1) is 5.75 Å². The molecule has 1 unspecified atom stereocenters. The van der Waals surface area contributed by atoms with Crippen molar-refractivity contribution in [3.05, 3.63) is 35.9 Å². The van der Waals surface area contributed by atoms with Gasteiger partial charge in [-0.3, -0.25) is 0 Å². The van der Waals surface area contributed by atoms with E-state index in [9.17, 15) is 8.42 Å². The third-order valence-electron chi connectivity index (χ3n) is 3.25. The van der Waals surface area contributed by atoms with Crippen molar-refractivity contribution in [3.63, 3.8) is 0 Å². The molecule has 3 N–H and O–H groups in total. The predicted octanol–water partition coefficient (Wildman–Crippen LogP) is 1.52. The maximum atomic E-state index is 11.9. The third-order valence-corrected chi connectivity index (χ3v) is 4.59. The van der Waals surface area contributed by atoms with Crippen LogP contribution in [0.4, 0.5) is 0 Å². The Morgan fingerprint density at radius 1 is 1.26 bits per heavy atom. The van der Waals surface area contributed by atoms with E-state index in [-0.39, 0.29) is 5.75 Å². The first-order valence-corrected chi connectivity index (χ1v) is 8.44. The Hall–Kier alpha value is -0.910. The van der Waals surface area contributed by atoms with Gasteiger partial charge in [0.15, 0.2) is 0 Å². The van der Waals surface area contributed by atoms with Crippen LogP contribution in [0.3, 0.4) is 0 Å². The summed E-state index contributed by atoms with van der Waals surface area (Å²) >= 11 is 0. The molecule has 0 aliphatic carbocycles. The molecule has 0 saturated heterocycles. The van der Waals surface area contributed by atoms with Gasteiger partial charge in [0, 0.05) is 6.54 Å². The first kappa shape index (κ1) is 16.1. The van der Waals surface area contributed by atoms with Gasteiger partial charge >= 0.3 is 0 Å². The summed E-state index contributed by atoms with van der Waals surface area (Å²) in [6, 6.07) is 9.65. The van der Waals surface area contributed by atoms with Crippen LogP contribution in [-0.2, 0) is 16.4 Å². The first-order valence-electron chi connectivity index (χ1n) is 6.78. The van der Waals surface area contributed by atoms with Gasteiger partial charge in [0.25, 0.3) is 0 Å². The topological polar surface area (TPSA) is 72.2 Å². The van der Waals surface area contributed by atoms with Crippen LogP contribution in [0.25, 0.3) is 0 Å². The van der Waals surface area contributed by atoms with E-state index in [1.165, 1.54) is 0 Å². The van der Waals surface area contributed by atoms with Crippen molar-refractivity contribution in [1.82, 2.24) is 4.72 Å². The molecular weight excluding hydrogens is 260 g/mol. The van der Waals surface area contributed by atoms with Gasteiger partial charge in [-0.1, -0.05) is 43.7 Å². The number of aryl methyl sites for hydroxylation is 1. The molecule has 0 aromatic heterocycles. The molecule has 0 spiro atoms. The molecule has 1 rings (SSSR count). The minimum atomic E-state index is -3.19. The average Bonchev–Trinajstić information content (AvgIpc) is 2.42. The van der Waals surface area contributed by atoms with Crippen LogP contribution in [0, 0.1) is 5.92 Å². The molecule has 19 heavy (non-hydrogen) atoms. The summed E-state index contributed by atoms with van der Waals surface area (Å²) in [4.78, 5) is 0. The summed E-state index contributed by atoms with van der Waals surface area (Å²) in [5.74, 6) is 0.465. The van der Waals surface area contributed by atoms with Crippen LogP contribution in [0.2, 0.25) is 0 Å². The van der Waals surface area contributed by atoms with Gasteiger partial charge in [-0.15, -0.1) is 0 Å². The third kappa shape index (κ3) is 6.71. The highest BCUT2D eigenvalue weighted by Crippen LogP contribution is 2.06. The minimum Gasteiger partial charge on any atom is -0.330 e. The first-order chi connectivity index (χ1) is 9.07. The molecule has 108 valence electrons. The molecule has 0 saturated carbocycles. The highest BCUT2D eigenvalue weighted by Gasteiger charge is 2.13. The standard InChI is InChI=1S/C14H24N2O2S/c1-2-13(8-10-15)12-16-19(17,18)11-9-14-6-4-3-5-7-14/h3-7,13,16H,2,8-12,15H2,1H3. The van der Waals surface area contributed by atoms with Gasteiger partial charge in [0.2, 0.25) is 10.0 Å². The number of benzene rings is 1. The fourth-order valence-corrected chi connectivity index (χ4v) is 3.04. The highest BCUT2D eigenvalue weighted by molar-refractivity contribution is 7.89. The Morgan fingerprint density at radius 2 is 1.95 bits per heavy atom. The maximum Gasteiger partial charge on any atom is 0.211 e. The van der Waals surface area contributed by atoms with Crippen molar-refractivity contribution in [1.29, 1.82) is 0 Å². The number of nitrogens with two attached hydrogens (primary N) is 1. The van der Waals surface area contributed by atoms with Gasteiger partial charge in [-0.25, -0.2) is 13.1 Å². The van der Waals surface area contributed by atoms with Gasteiger partial charge in [-0.05, 0) is 30.9 Å². The second-order valence-corrected chi connectivity index (χ2v) is 6.68. The van der Waals surface area contributed by atoms with Crippen molar-refractivity contribution in [3.8, 4) is 0 Å². The molecule has 1 aromatic carbocycles. The van der Waals surface area contributed by atoms with Crippen LogP contribution in [0.1, 0.15) is 25.3 Å².